The molecule has 3 nitrogen and oxygen atoms in total. The van der Waals surface area contributed by atoms with Crippen molar-refractivity contribution in [3.05, 3.63) is 41.3 Å². The van der Waals surface area contributed by atoms with Crippen LogP contribution in [0.1, 0.15) is 16.1 Å². The summed E-state index contributed by atoms with van der Waals surface area (Å²) in [5.41, 5.74) is 1.47. The fraction of sp³-hybridized carbons (Fsp3) is 0.167. The monoisotopic (exact) mass is 219 g/mol. The average molecular weight is 219 g/mol. The lowest BCUT2D eigenvalue weighted by Gasteiger charge is -2.05. The van der Waals surface area contributed by atoms with Gasteiger partial charge in [0.1, 0.15) is 5.82 Å². The molecular weight excluding hydrogens is 209 g/mol. The molecule has 1 aromatic heterocycles. The molecule has 0 radical (unpaired) electrons. The second-order valence-electron chi connectivity index (χ2n) is 3.45. The number of hydrogen-bond acceptors (Lipinski definition) is 3. The third-order valence-corrected chi connectivity index (χ3v) is 2.38. The Morgan fingerprint density at radius 2 is 2.12 bits per heavy atom. The van der Waals surface area contributed by atoms with Crippen molar-refractivity contribution in [2.24, 2.45) is 0 Å². The summed E-state index contributed by atoms with van der Waals surface area (Å²) in [4.78, 5) is 15.6. The van der Waals surface area contributed by atoms with Crippen LogP contribution in [0.25, 0.3) is 10.9 Å². The highest BCUT2D eigenvalue weighted by atomic mass is 19.1. The molecule has 1 heterocycles. The predicted octanol–water partition coefficient (Wildman–Crippen LogP) is 2.47. The number of pyridine rings is 1. The van der Waals surface area contributed by atoms with Crippen LogP contribution in [0.4, 0.5) is 4.39 Å². The normalized spacial score (nSPS) is 10.4. The van der Waals surface area contributed by atoms with E-state index in [9.17, 15) is 9.18 Å². The number of aryl methyl sites for hydroxylation is 1. The van der Waals surface area contributed by atoms with Gasteiger partial charge in [0, 0.05) is 11.5 Å². The van der Waals surface area contributed by atoms with Gasteiger partial charge in [0.15, 0.2) is 0 Å². The van der Waals surface area contributed by atoms with Crippen LogP contribution >= 0.6 is 0 Å². The molecule has 0 bridgehead atoms. The number of ether oxygens (including phenoxy) is 1. The number of rotatable bonds is 1. The van der Waals surface area contributed by atoms with E-state index >= 15 is 0 Å². The number of carbonyl (C=O) groups excluding carboxylic acids is 1. The number of aromatic nitrogens is 1. The van der Waals surface area contributed by atoms with E-state index in [1.165, 1.54) is 19.2 Å². The van der Waals surface area contributed by atoms with E-state index in [2.05, 4.69) is 9.72 Å². The Labute approximate surface area is 91.9 Å². The Balaban J connectivity index is 2.67. The molecule has 0 atom stereocenters. The number of methoxy groups -OCH3 is 1. The molecular formula is C12H10FNO2. The van der Waals surface area contributed by atoms with Gasteiger partial charge < -0.3 is 4.74 Å². The van der Waals surface area contributed by atoms with E-state index < -0.39 is 5.97 Å². The minimum absolute atomic E-state index is 0.342. The third kappa shape index (κ3) is 1.74. The molecule has 0 aliphatic rings. The Hall–Kier alpha value is -1.97. The van der Waals surface area contributed by atoms with Crippen LogP contribution in [0.5, 0.6) is 0 Å². The van der Waals surface area contributed by atoms with Crippen LogP contribution in [0.15, 0.2) is 24.3 Å². The van der Waals surface area contributed by atoms with Gasteiger partial charge >= 0.3 is 5.97 Å². The fourth-order valence-electron chi connectivity index (χ4n) is 1.55. The van der Waals surface area contributed by atoms with Gasteiger partial charge in [-0.05, 0) is 25.1 Å². The zero-order valence-corrected chi connectivity index (χ0v) is 8.95. The molecule has 2 aromatic rings. The van der Waals surface area contributed by atoms with E-state index in [-0.39, 0.29) is 5.82 Å². The number of halogens is 1. The molecule has 0 amide bonds. The van der Waals surface area contributed by atoms with Gasteiger partial charge in [-0.3, -0.25) is 4.98 Å². The zero-order valence-electron chi connectivity index (χ0n) is 8.95. The zero-order chi connectivity index (χ0) is 11.7. The summed E-state index contributed by atoms with van der Waals surface area (Å²) < 4.78 is 17.6. The van der Waals surface area contributed by atoms with Crippen LogP contribution in [0.2, 0.25) is 0 Å². The first-order valence-corrected chi connectivity index (χ1v) is 4.77. The van der Waals surface area contributed by atoms with Crippen molar-refractivity contribution in [1.29, 1.82) is 0 Å². The lowest BCUT2D eigenvalue weighted by molar-refractivity contribution is 0.0599. The predicted molar refractivity (Wildman–Crippen MR) is 57.8 cm³/mol. The van der Waals surface area contributed by atoms with E-state index in [0.29, 0.717) is 22.2 Å². The van der Waals surface area contributed by atoms with E-state index in [0.717, 1.165) is 0 Å². The van der Waals surface area contributed by atoms with Crippen molar-refractivity contribution >= 4 is 16.9 Å². The second kappa shape index (κ2) is 3.89. The lowest BCUT2D eigenvalue weighted by Crippen LogP contribution is -2.05. The highest BCUT2D eigenvalue weighted by Gasteiger charge is 2.11. The molecule has 82 valence electrons. The van der Waals surface area contributed by atoms with Gasteiger partial charge in [0.2, 0.25) is 0 Å². The first-order valence-electron chi connectivity index (χ1n) is 4.77. The van der Waals surface area contributed by atoms with E-state index in [1.807, 2.05) is 0 Å². The summed E-state index contributed by atoms with van der Waals surface area (Å²) in [5.74, 6) is -0.776. The average Bonchev–Trinajstić information content (AvgIpc) is 2.27. The van der Waals surface area contributed by atoms with Gasteiger partial charge in [0.05, 0.1) is 23.9 Å². The molecule has 0 saturated heterocycles. The summed E-state index contributed by atoms with van der Waals surface area (Å²) >= 11 is 0. The van der Waals surface area contributed by atoms with Gasteiger partial charge in [-0.2, -0.15) is 0 Å². The molecule has 0 aliphatic heterocycles. The lowest BCUT2D eigenvalue weighted by atomic mass is 10.1. The maximum Gasteiger partial charge on any atom is 0.339 e. The molecule has 4 heteroatoms. The highest BCUT2D eigenvalue weighted by Crippen LogP contribution is 2.18. The summed E-state index contributed by atoms with van der Waals surface area (Å²) in [6.07, 6.45) is 0. The van der Waals surface area contributed by atoms with Gasteiger partial charge in [0.25, 0.3) is 0 Å². The fourth-order valence-corrected chi connectivity index (χ4v) is 1.55. The number of carbonyl (C=O) groups is 1. The number of fused-ring (bicyclic) bond motifs is 1. The molecule has 0 N–H and O–H groups in total. The molecule has 2 rings (SSSR count). The van der Waals surface area contributed by atoms with Crippen LogP contribution in [-0.4, -0.2) is 18.1 Å². The summed E-state index contributed by atoms with van der Waals surface area (Å²) in [6.45, 7) is 1.69. The molecule has 0 unspecified atom stereocenters. The van der Waals surface area contributed by atoms with Gasteiger partial charge in [-0.1, -0.05) is 0 Å². The Bertz CT molecular complexity index is 566. The Morgan fingerprint density at radius 3 is 2.81 bits per heavy atom. The number of benzene rings is 1. The second-order valence-corrected chi connectivity index (χ2v) is 3.45. The molecule has 0 aliphatic carbocycles. The number of hydrogen-bond donors (Lipinski definition) is 0. The molecule has 0 spiro atoms. The quantitative estimate of drug-likeness (QED) is 0.691. The van der Waals surface area contributed by atoms with E-state index in [1.54, 1.807) is 19.1 Å². The van der Waals surface area contributed by atoms with E-state index in [4.69, 9.17) is 0 Å². The van der Waals surface area contributed by atoms with Crippen molar-refractivity contribution in [3.8, 4) is 0 Å². The summed E-state index contributed by atoms with van der Waals surface area (Å²) in [5, 5.41) is 0.715. The standard InChI is InChI=1S/C12H10FNO2/c1-7-10(12(15)16-2)5-8-3-4-9(13)6-11(8)14-7/h3-6H,1-2H3. The Kier molecular flexibility index (Phi) is 2.56. The highest BCUT2D eigenvalue weighted by molar-refractivity contribution is 5.95. The number of esters is 1. The number of nitrogens with zero attached hydrogens (tertiary/aromatic N) is 1. The molecule has 0 saturated carbocycles. The van der Waals surface area contributed by atoms with Crippen molar-refractivity contribution in [3.63, 3.8) is 0 Å². The topological polar surface area (TPSA) is 39.2 Å². The maximum absolute atomic E-state index is 13.0. The maximum atomic E-state index is 13.0. The molecule has 1 aromatic carbocycles. The molecule has 16 heavy (non-hydrogen) atoms. The van der Waals surface area contributed by atoms with Crippen LogP contribution in [-0.2, 0) is 4.74 Å². The minimum Gasteiger partial charge on any atom is -0.465 e. The minimum atomic E-state index is -0.434. The summed E-state index contributed by atoms with van der Waals surface area (Å²) in [7, 11) is 1.32. The SMILES string of the molecule is COC(=O)c1cc2ccc(F)cc2nc1C. The van der Waals surface area contributed by atoms with Crippen LogP contribution in [0, 0.1) is 12.7 Å². The Morgan fingerprint density at radius 1 is 1.38 bits per heavy atom. The largest absolute Gasteiger partial charge is 0.465 e. The van der Waals surface area contributed by atoms with Crippen molar-refractivity contribution < 1.29 is 13.9 Å². The van der Waals surface area contributed by atoms with Crippen molar-refractivity contribution in [1.82, 2.24) is 4.98 Å². The first kappa shape index (κ1) is 10.5. The van der Waals surface area contributed by atoms with Crippen LogP contribution < -0.4 is 0 Å². The van der Waals surface area contributed by atoms with Crippen LogP contribution in [0.3, 0.4) is 0 Å². The first-order chi connectivity index (χ1) is 7.61. The van der Waals surface area contributed by atoms with Gasteiger partial charge in [-0.25, -0.2) is 9.18 Å². The van der Waals surface area contributed by atoms with Gasteiger partial charge in [-0.15, -0.1) is 0 Å². The smallest absolute Gasteiger partial charge is 0.339 e. The third-order valence-electron chi connectivity index (χ3n) is 2.38. The summed E-state index contributed by atoms with van der Waals surface area (Å²) in [6, 6.07) is 5.91. The molecule has 0 fully saturated rings. The van der Waals surface area contributed by atoms with Crippen molar-refractivity contribution in [2.75, 3.05) is 7.11 Å². The van der Waals surface area contributed by atoms with Crippen molar-refractivity contribution in [2.45, 2.75) is 6.92 Å².